The van der Waals surface area contributed by atoms with Crippen molar-refractivity contribution in [2.24, 2.45) is 175 Å². The van der Waals surface area contributed by atoms with Crippen LogP contribution < -0.4 is 0 Å². The lowest BCUT2D eigenvalue weighted by Crippen LogP contribution is -2.38. The molecule has 0 heterocycles. The molecule has 0 aromatic rings. The van der Waals surface area contributed by atoms with Crippen molar-refractivity contribution in [3.63, 3.8) is 0 Å². The van der Waals surface area contributed by atoms with E-state index < -0.39 is 0 Å². The summed E-state index contributed by atoms with van der Waals surface area (Å²) >= 11 is 0. The predicted octanol–water partition coefficient (Wildman–Crippen LogP) is 32.4. The summed E-state index contributed by atoms with van der Waals surface area (Å²) in [5.41, 5.74) is 3.22. The van der Waals surface area contributed by atoms with Gasteiger partial charge < -0.3 is 0 Å². The van der Waals surface area contributed by atoms with Crippen molar-refractivity contribution in [1.82, 2.24) is 0 Å². The van der Waals surface area contributed by atoms with Gasteiger partial charge in [0.1, 0.15) is 0 Å². The molecule has 18 fully saturated rings. The Hall–Kier alpha value is 0. The molecule has 98 heavy (non-hydrogen) atoms. The Bertz CT molecular complexity index is 2070. The zero-order valence-corrected chi connectivity index (χ0v) is 71.8. The molecule has 0 heteroatoms. The van der Waals surface area contributed by atoms with Crippen molar-refractivity contribution in [3.8, 4) is 0 Å². The van der Waals surface area contributed by atoms with E-state index in [0.717, 1.165) is 153 Å². The van der Waals surface area contributed by atoms with Crippen LogP contribution in [0.25, 0.3) is 0 Å². The molecule has 14 unspecified atom stereocenters. The Morgan fingerprint density at radius 1 is 0.276 bits per heavy atom. The topological polar surface area (TPSA) is 0 Å². The van der Waals surface area contributed by atoms with Crippen LogP contribution in [-0.4, -0.2) is 0 Å². The zero-order valence-electron chi connectivity index (χ0n) is 71.8. The fraction of sp³-hybridized carbons (Fsp3) is 1.00. The van der Waals surface area contributed by atoms with Gasteiger partial charge in [-0.2, -0.15) is 0 Å². The van der Waals surface area contributed by atoms with Crippen LogP contribution in [0.4, 0.5) is 0 Å². The molecule has 12 bridgehead atoms. The van der Waals surface area contributed by atoms with Gasteiger partial charge in [0.05, 0.1) is 0 Å². The van der Waals surface area contributed by atoms with E-state index >= 15 is 0 Å². The SMILES string of the molecule is CC1C(C)(C)CCCC1(C)C.CC1C2CCC(C2)[C@H]1C.CC1CCCC(C)C1C.CCC1CC2CCC1C2.CCC1CCCC1.CCC1CCCCC1.C[C@@H]1C2CCC(C2)C1(C)C.C[C@@H]1CCCCC1(C)C.C[C@H]1CC2CCC1(C)C2.C[C@H]1CC2CCC1C2.C[C@H]1CC2CCC1CC2. The van der Waals surface area contributed by atoms with Crippen LogP contribution in [0.15, 0.2) is 0 Å². The summed E-state index contributed by atoms with van der Waals surface area (Å²) in [5, 5.41) is 0. The van der Waals surface area contributed by atoms with Gasteiger partial charge >= 0.3 is 0 Å². The highest BCUT2D eigenvalue weighted by Gasteiger charge is 2.51. The van der Waals surface area contributed by atoms with Crippen LogP contribution in [0, 0.1) is 175 Å². The maximum Gasteiger partial charge on any atom is -0.0297 e. The Labute approximate surface area is 619 Å². The molecule has 0 aromatic carbocycles. The number of hydrogen-bond donors (Lipinski definition) is 0. The third kappa shape index (κ3) is 24.5. The van der Waals surface area contributed by atoms with Crippen LogP contribution in [-0.2, 0) is 0 Å². The smallest absolute Gasteiger partial charge is 0.0297 e. The van der Waals surface area contributed by atoms with E-state index in [1.54, 1.807) is 89.9 Å². The molecule has 18 aliphatic carbocycles. The third-order valence-electron chi connectivity index (χ3n) is 36.4. The van der Waals surface area contributed by atoms with Gasteiger partial charge in [-0.25, -0.2) is 0 Å². The third-order valence-corrected chi connectivity index (χ3v) is 36.4. The molecule has 18 saturated carbocycles. The number of hydrogen-bond acceptors (Lipinski definition) is 0. The van der Waals surface area contributed by atoms with E-state index in [1.165, 1.54) is 199 Å². The average molecular weight is 1360 g/mol. The summed E-state index contributed by atoms with van der Waals surface area (Å²) in [7, 11) is 0. The van der Waals surface area contributed by atoms with Crippen molar-refractivity contribution in [2.45, 2.75) is 448 Å². The van der Waals surface area contributed by atoms with Crippen LogP contribution >= 0.6 is 0 Å². The second-order valence-electron chi connectivity index (χ2n) is 43.7. The first-order valence-electron chi connectivity index (χ1n) is 46.3. The highest BCUT2D eigenvalue weighted by molar-refractivity contribution is 5.00. The van der Waals surface area contributed by atoms with E-state index in [9.17, 15) is 0 Å². The lowest BCUT2D eigenvalue weighted by Gasteiger charge is -2.47. The van der Waals surface area contributed by atoms with Crippen molar-refractivity contribution < 1.29 is 0 Å². The maximum absolute atomic E-state index is 2.48. The fourth-order valence-electron chi connectivity index (χ4n) is 26.0. The van der Waals surface area contributed by atoms with E-state index in [4.69, 9.17) is 0 Å². The van der Waals surface area contributed by atoms with Gasteiger partial charge in [0.15, 0.2) is 0 Å². The monoisotopic (exact) mass is 1360 g/mol. The van der Waals surface area contributed by atoms with Crippen molar-refractivity contribution in [2.75, 3.05) is 0 Å². The lowest BCUT2D eigenvalue weighted by molar-refractivity contribution is 0.0286. The maximum atomic E-state index is 2.48. The average Bonchev–Trinajstić information content (AvgIpc) is 1.62. The first-order chi connectivity index (χ1) is 46.3. The minimum absolute atomic E-state index is 0.571. The molecular formula is C98H184. The van der Waals surface area contributed by atoms with Crippen molar-refractivity contribution in [3.05, 3.63) is 0 Å². The Morgan fingerprint density at radius 3 is 1.01 bits per heavy atom. The van der Waals surface area contributed by atoms with Gasteiger partial charge in [0, 0.05) is 0 Å². The Morgan fingerprint density at radius 2 is 0.745 bits per heavy atom. The highest BCUT2D eigenvalue weighted by atomic mass is 14.6. The first-order valence-corrected chi connectivity index (χ1v) is 46.3. The molecule has 0 N–H and O–H groups in total. The molecule has 0 aliphatic heterocycles. The summed E-state index contributed by atoms with van der Waals surface area (Å²) in [4.78, 5) is 0. The van der Waals surface area contributed by atoms with Crippen LogP contribution in [0.3, 0.4) is 0 Å². The van der Waals surface area contributed by atoms with Crippen molar-refractivity contribution in [1.29, 1.82) is 0 Å². The molecule has 20 atom stereocenters. The standard InChI is InChI=1S/C11H22.C10H18.4C9H16.2C9H18.C8H14.C8H16.C7H14/c1-9-10(2,3)7-6-8-11(9,4)5;1-7-8-4-5-9(6-8)10(7,2)3;1-7-5-8-3-4-9(7,2)6-8;1-6-7(2)9-4-3-8(6)5-9;1-7-6-8-2-4-9(7)5-3-8;1-2-8-5-7-3-4-9(8)6-7;1-8-6-4-5-7-9(8,2)3;1-7-5-4-6-8(2)9(7)3;1-6-4-7-2-3-8(6)5-7;1-2-8-6-4-3-5-7-8;1-2-7-5-3-4-6-7/h9H,6-8H2,1-5H3;7-9H,4-6H2,1-3H3;7-8H,3-6H2,1-2H3;6-9H,3-5H2,1-2H3;2*7-9H,2-6H2,1H3;8H,4-7H2,1-3H3;7-9H,4-6H2,1-3H3;6-8H,2-5H2,1H3;8H,2-7H2,1H3;7H,2-6H2,1H3/t;2*7-,8?,9?;6-,7?,8?,9?;7-,8?,9?;;8-;;6-,7?,8?;;/m.1000.1.0../s1. The molecule has 18 rings (SSSR count). The van der Waals surface area contributed by atoms with Crippen molar-refractivity contribution >= 4 is 0 Å². The van der Waals surface area contributed by atoms with Crippen LogP contribution in [0.5, 0.6) is 0 Å². The number of rotatable bonds is 3. The quantitative estimate of drug-likeness (QED) is 0.264. The molecule has 18 aliphatic rings. The normalized spacial score (nSPS) is 43.1. The Balaban J connectivity index is 0.000000152. The number of fused-ring (bicyclic) bond motifs is 13. The van der Waals surface area contributed by atoms with Gasteiger partial charge in [-0.05, 0) is 316 Å². The van der Waals surface area contributed by atoms with Gasteiger partial charge in [0.25, 0.3) is 0 Å². The zero-order chi connectivity index (χ0) is 71.8. The van der Waals surface area contributed by atoms with E-state index in [-0.39, 0.29) is 0 Å². The van der Waals surface area contributed by atoms with Gasteiger partial charge in [-0.15, -0.1) is 0 Å². The summed E-state index contributed by atoms with van der Waals surface area (Å²) in [6.07, 6.45) is 67.8. The van der Waals surface area contributed by atoms with E-state index in [1.807, 2.05) is 0 Å². The fourth-order valence-corrected chi connectivity index (χ4v) is 26.0. The van der Waals surface area contributed by atoms with E-state index in [0.29, 0.717) is 21.7 Å². The second-order valence-corrected chi connectivity index (χ2v) is 43.7. The summed E-state index contributed by atoms with van der Waals surface area (Å²) in [6, 6.07) is 0. The molecule has 0 nitrogen and oxygen atoms in total. The molecular weight excluding hydrogens is 1180 g/mol. The predicted molar refractivity (Wildman–Crippen MR) is 438 cm³/mol. The molecule has 0 saturated heterocycles. The summed E-state index contributed by atoms with van der Waals surface area (Å²) < 4.78 is 0. The van der Waals surface area contributed by atoms with Crippen LogP contribution in [0.2, 0.25) is 0 Å². The van der Waals surface area contributed by atoms with Gasteiger partial charge in [0.2, 0.25) is 0 Å². The van der Waals surface area contributed by atoms with E-state index in [2.05, 4.69) is 159 Å². The highest BCUT2D eigenvalue weighted by Crippen LogP contribution is 2.60. The molecule has 0 radical (unpaired) electrons. The molecule has 576 valence electrons. The largest absolute Gasteiger partial charge is 0.0651 e. The minimum atomic E-state index is 0.571. The van der Waals surface area contributed by atoms with Gasteiger partial charge in [-0.3, -0.25) is 0 Å². The van der Waals surface area contributed by atoms with Crippen LogP contribution in [0.1, 0.15) is 448 Å². The summed E-state index contributed by atoms with van der Waals surface area (Å²) in [5.74, 6) is 26.6. The lowest BCUT2D eigenvalue weighted by atomic mass is 9.58. The summed E-state index contributed by atoms with van der Waals surface area (Å²) in [6.45, 7) is 55.4. The molecule has 0 amide bonds. The second kappa shape index (κ2) is 39.7. The Kier molecular flexibility index (Phi) is 34.6. The molecule has 0 aromatic heterocycles. The van der Waals surface area contributed by atoms with Gasteiger partial charge in [-0.1, -0.05) is 307 Å². The first kappa shape index (κ1) is 85.3. The minimum Gasteiger partial charge on any atom is -0.0651 e. The molecule has 0 spiro atoms.